The molecule has 6 atom stereocenters. The van der Waals surface area contributed by atoms with E-state index in [9.17, 15) is 45.6 Å². The molecule has 18 heteroatoms. The lowest BCUT2D eigenvalue weighted by molar-refractivity contribution is -0.167. The number of carbonyl (C=O) groups is 5. The van der Waals surface area contributed by atoms with E-state index in [1.54, 1.807) is 22.2 Å². The summed E-state index contributed by atoms with van der Waals surface area (Å²) in [7, 11) is 2.29. The van der Waals surface area contributed by atoms with Gasteiger partial charge in [0.1, 0.15) is 6.04 Å². The Morgan fingerprint density at radius 3 is 2.07 bits per heavy atom. The molecule has 56 heavy (non-hydrogen) atoms. The van der Waals surface area contributed by atoms with E-state index < -0.39 is 63.2 Å². The lowest BCUT2D eigenvalue weighted by Crippen LogP contribution is -2.59. The van der Waals surface area contributed by atoms with E-state index in [1.807, 2.05) is 65.3 Å². The molecule has 0 aromatic heterocycles. The van der Waals surface area contributed by atoms with Gasteiger partial charge in [0, 0.05) is 32.0 Å². The van der Waals surface area contributed by atoms with Crippen molar-refractivity contribution < 1.29 is 50.3 Å². The number of amides is 5. The highest BCUT2D eigenvalue weighted by Gasteiger charge is 2.41. The molecular formula is C38H59F3N6O8S. The molecule has 0 aliphatic carbocycles. The number of nitrogens with one attached hydrogen (secondary N) is 3. The zero-order valence-corrected chi connectivity index (χ0v) is 35.0. The summed E-state index contributed by atoms with van der Waals surface area (Å²) in [5, 5.41) is 4.58. The summed E-state index contributed by atoms with van der Waals surface area (Å²) >= 11 is 0. The van der Waals surface area contributed by atoms with Crippen molar-refractivity contribution in [3.8, 4) is 0 Å². The first kappa shape index (κ1) is 48.1. The van der Waals surface area contributed by atoms with Crippen LogP contribution in [0.3, 0.4) is 0 Å². The number of hydrogen-bond acceptors (Lipinski definition) is 9. The Morgan fingerprint density at radius 1 is 1.00 bits per heavy atom. The lowest BCUT2D eigenvalue weighted by Gasteiger charge is -2.40. The van der Waals surface area contributed by atoms with Crippen LogP contribution in [0.25, 0.3) is 0 Å². The van der Waals surface area contributed by atoms with Crippen molar-refractivity contribution in [3.63, 3.8) is 0 Å². The zero-order chi connectivity index (χ0) is 42.9. The molecule has 5 amide bonds. The van der Waals surface area contributed by atoms with Crippen LogP contribution in [0, 0.1) is 17.8 Å². The summed E-state index contributed by atoms with van der Waals surface area (Å²) in [6, 6.07) is 1.42. The number of ether oxygens (including phenoxy) is 1. The van der Waals surface area contributed by atoms with Gasteiger partial charge in [0.05, 0.1) is 35.5 Å². The van der Waals surface area contributed by atoms with Gasteiger partial charge in [0.15, 0.2) is 0 Å². The van der Waals surface area contributed by atoms with E-state index in [0.717, 1.165) is 24.3 Å². The second-order valence-electron chi connectivity index (χ2n) is 15.2. The summed E-state index contributed by atoms with van der Waals surface area (Å²) in [6.45, 7) is 13.3. The van der Waals surface area contributed by atoms with E-state index >= 15 is 0 Å². The summed E-state index contributed by atoms with van der Waals surface area (Å²) < 4.78 is 71.3. The second kappa shape index (κ2) is 20.4. The fourth-order valence-electron chi connectivity index (χ4n) is 6.94. The molecule has 2 rings (SSSR count). The van der Waals surface area contributed by atoms with Gasteiger partial charge in [0.2, 0.25) is 17.7 Å². The average molecular weight is 817 g/mol. The number of benzene rings is 1. The second-order valence-corrected chi connectivity index (χ2v) is 16.9. The molecule has 1 saturated heterocycles. The molecule has 316 valence electrons. The van der Waals surface area contributed by atoms with Crippen LogP contribution < -0.4 is 15.4 Å². The number of likely N-dealkylation sites (N-methyl/N-ethyl adjacent to an activating group) is 2. The topological polar surface area (TPSA) is 175 Å². The van der Waals surface area contributed by atoms with Crippen LogP contribution in [-0.4, -0.2) is 124 Å². The molecule has 0 bridgehead atoms. The van der Waals surface area contributed by atoms with E-state index in [2.05, 4.69) is 5.32 Å². The maximum atomic E-state index is 14.1. The highest BCUT2D eigenvalue weighted by Crippen LogP contribution is 2.27. The number of halogens is 3. The number of carbonyl (C=O) groups excluding carboxylic acids is 5. The molecule has 14 nitrogen and oxygen atoms in total. The molecule has 1 unspecified atom stereocenters. The van der Waals surface area contributed by atoms with E-state index in [1.165, 1.54) is 20.1 Å². The first-order chi connectivity index (χ1) is 25.9. The van der Waals surface area contributed by atoms with Gasteiger partial charge in [-0.2, -0.15) is 13.2 Å². The van der Waals surface area contributed by atoms with Crippen molar-refractivity contribution in [2.45, 2.75) is 115 Å². The SMILES string of the molecule is CC[C@H](C)[C@@H]([C@@H](CC(=O)N1CCC[C@H]1/C=C(\C)C(=O)NS(=O)(=O)c1ccc(NC(=O)C(F)(F)F)cc1)OC)N(C)C(=O)[C@@H](NC(=O)C(C(C)C)N(C)C)C(C)C. The third kappa shape index (κ3) is 12.7. The van der Waals surface area contributed by atoms with Gasteiger partial charge in [0.25, 0.3) is 15.9 Å². The Bertz CT molecular complexity index is 1680. The van der Waals surface area contributed by atoms with Gasteiger partial charge in [-0.15, -0.1) is 0 Å². The quantitative estimate of drug-likeness (QED) is 0.186. The highest BCUT2D eigenvalue weighted by molar-refractivity contribution is 7.90. The number of hydrogen-bond donors (Lipinski definition) is 3. The molecule has 0 spiro atoms. The first-order valence-electron chi connectivity index (χ1n) is 18.7. The number of alkyl halides is 3. The molecule has 3 N–H and O–H groups in total. The number of methoxy groups -OCH3 is 1. The van der Waals surface area contributed by atoms with E-state index in [0.29, 0.717) is 25.8 Å². The van der Waals surface area contributed by atoms with Crippen molar-refractivity contribution in [2.24, 2.45) is 17.8 Å². The third-order valence-electron chi connectivity index (χ3n) is 10.1. The molecule has 1 fully saturated rings. The van der Waals surface area contributed by atoms with Crippen molar-refractivity contribution in [3.05, 3.63) is 35.9 Å². The number of sulfonamides is 1. The largest absolute Gasteiger partial charge is 0.471 e. The van der Waals surface area contributed by atoms with Crippen LogP contribution in [0.2, 0.25) is 0 Å². The average Bonchev–Trinajstić information content (AvgIpc) is 3.57. The molecular weight excluding hydrogens is 758 g/mol. The zero-order valence-electron chi connectivity index (χ0n) is 34.2. The Hall–Kier alpha value is -4.03. The fourth-order valence-corrected chi connectivity index (χ4v) is 7.96. The summed E-state index contributed by atoms with van der Waals surface area (Å²) in [5.41, 5.74) is -0.290. The summed E-state index contributed by atoms with van der Waals surface area (Å²) in [6.07, 6.45) is -2.68. The van der Waals surface area contributed by atoms with Crippen molar-refractivity contribution >= 4 is 45.2 Å². The summed E-state index contributed by atoms with van der Waals surface area (Å²) in [4.78, 5) is 70.1. The maximum absolute atomic E-state index is 14.1. The normalized spacial score (nSPS) is 18.0. The smallest absolute Gasteiger partial charge is 0.379 e. The van der Waals surface area contributed by atoms with Crippen LogP contribution in [-0.2, 0) is 38.7 Å². The molecule has 1 heterocycles. The van der Waals surface area contributed by atoms with Crippen molar-refractivity contribution in [1.82, 2.24) is 24.7 Å². The minimum absolute atomic E-state index is 0.00159. The first-order valence-corrected chi connectivity index (χ1v) is 20.2. The maximum Gasteiger partial charge on any atom is 0.471 e. The lowest BCUT2D eigenvalue weighted by atomic mass is 9.89. The van der Waals surface area contributed by atoms with Gasteiger partial charge in [-0.25, -0.2) is 13.1 Å². The number of nitrogens with zero attached hydrogens (tertiary/aromatic N) is 3. The van der Waals surface area contributed by atoms with Crippen molar-refractivity contribution in [2.75, 3.05) is 40.1 Å². The Morgan fingerprint density at radius 2 is 1.59 bits per heavy atom. The van der Waals surface area contributed by atoms with Crippen LogP contribution in [0.5, 0.6) is 0 Å². The van der Waals surface area contributed by atoms with Gasteiger partial charge in [-0.05, 0) is 75.9 Å². The Labute approximate surface area is 329 Å². The fraction of sp³-hybridized carbons (Fsp3) is 0.658. The number of likely N-dealkylation sites (tertiary alicyclic amines) is 1. The Kier molecular flexibility index (Phi) is 17.5. The molecule has 1 aliphatic heterocycles. The molecule has 0 saturated carbocycles. The van der Waals surface area contributed by atoms with Crippen LogP contribution in [0.15, 0.2) is 40.8 Å². The van der Waals surface area contributed by atoms with Crippen molar-refractivity contribution in [1.29, 1.82) is 0 Å². The molecule has 1 aromatic carbocycles. The third-order valence-corrected chi connectivity index (χ3v) is 11.4. The van der Waals surface area contributed by atoms with E-state index in [4.69, 9.17) is 4.74 Å². The predicted molar refractivity (Wildman–Crippen MR) is 205 cm³/mol. The van der Waals surface area contributed by atoms with Gasteiger partial charge in [-0.1, -0.05) is 54.0 Å². The van der Waals surface area contributed by atoms with Crippen LogP contribution >= 0.6 is 0 Å². The monoisotopic (exact) mass is 816 g/mol. The minimum atomic E-state index is -5.14. The number of anilines is 1. The molecule has 0 radical (unpaired) electrons. The van der Waals surface area contributed by atoms with Crippen LogP contribution in [0.1, 0.15) is 74.1 Å². The highest BCUT2D eigenvalue weighted by atomic mass is 32.2. The van der Waals surface area contributed by atoms with E-state index in [-0.39, 0.29) is 53.2 Å². The molecule has 1 aliphatic rings. The summed E-state index contributed by atoms with van der Waals surface area (Å²) in [5.74, 6) is -4.40. The number of rotatable bonds is 18. The van der Waals surface area contributed by atoms with Gasteiger partial charge in [-0.3, -0.25) is 28.9 Å². The minimum Gasteiger partial charge on any atom is -0.379 e. The molecule has 1 aromatic rings. The van der Waals surface area contributed by atoms with Gasteiger partial charge < -0.3 is 25.2 Å². The predicted octanol–water partition coefficient (Wildman–Crippen LogP) is 3.93. The van der Waals surface area contributed by atoms with Crippen LogP contribution in [0.4, 0.5) is 18.9 Å². The standard InChI is InChI=1S/C38H59F3N6O8S/c1-12-24(6)33(46(10)36(51)31(22(2)3)43-35(50)32(23(4)5)45(8)9)29(55-11)21-30(48)47-19-13-14-27(47)20-25(7)34(49)44-56(53,54)28-17-15-26(16-18-28)42-37(52)38(39,40)41/h15-18,20,22-24,27,29,31-33H,12-14,19,21H2,1-11H3,(H,42,52)(H,43,50)(H,44,49)/b25-20+/t24-,27-,29+,31-,32?,33-/m0/s1. The Balaban J connectivity index is 2.24. The van der Waals surface area contributed by atoms with Gasteiger partial charge >= 0.3 is 12.1 Å².